The monoisotopic (exact) mass is 396 g/mol. The van der Waals surface area contributed by atoms with Crippen LogP contribution in [0, 0.1) is 10.1 Å². The maximum absolute atomic E-state index is 12.7. The Hall–Kier alpha value is -1.78. The van der Waals surface area contributed by atoms with Gasteiger partial charge in [-0.15, -0.1) is 11.8 Å². The molecule has 0 aliphatic heterocycles. The van der Waals surface area contributed by atoms with Crippen LogP contribution in [0.1, 0.15) is 5.56 Å². The topological polar surface area (TPSA) is 72.2 Å². The highest BCUT2D eigenvalue weighted by Gasteiger charge is 2.31. The minimum atomic E-state index is -4.56. The van der Waals surface area contributed by atoms with Crippen molar-refractivity contribution in [1.29, 1.82) is 0 Å². The lowest BCUT2D eigenvalue weighted by molar-refractivity contribution is -0.382. The third-order valence-electron chi connectivity index (χ3n) is 2.70. The molecule has 0 unspecified atom stereocenters. The van der Waals surface area contributed by atoms with E-state index in [2.05, 4.69) is 5.32 Å². The van der Waals surface area contributed by atoms with E-state index in [0.717, 1.165) is 41.3 Å². The van der Waals surface area contributed by atoms with Crippen molar-refractivity contribution < 1.29 is 22.9 Å². The number of halogens is 4. The number of hydrogen-bond acceptors (Lipinski definition) is 5. The Bertz CT molecular complexity index is 780. The average Bonchev–Trinajstić information content (AvgIpc) is 2.95. The molecule has 1 aromatic carbocycles. The summed E-state index contributed by atoms with van der Waals surface area (Å²) in [5.41, 5.74) is -1.11. The second kappa shape index (κ2) is 7.41. The summed E-state index contributed by atoms with van der Waals surface area (Å²) < 4.78 is 38.0. The molecular weight excluding hydrogens is 389 g/mol. The third-order valence-corrected chi connectivity index (χ3v) is 5.07. The van der Waals surface area contributed by atoms with Crippen LogP contribution >= 0.6 is 34.7 Å². The Morgan fingerprint density at radius 3 is 2.71 bits per heavy atom. The van der Waals surface area contributed by atoms with E-state index >= 15 is 0 Å². The van der Waals surface area contributed by atoms with Gasteiger partial charge in [0.1, 0.15) is 0 Å². The van der Waals surface area contributed by atoms with E-state index in [1.807, 2.05) is 0 Å². The van der Waals surface area contributed by atoms with Crippen LogP contribution in [-0.4, -0.2) is 16.6 Å². The van der Waals surface area contributed by atoms with Crippen molar-refractivity contribution in [2.75, 3.05) is 11.1 Å². The van der Waals surface area contributed by atoms with Gasteiger partial charge in [-0.1, -0.05) is 22.9 Å². The maximum atomic E-state index is 12.7. The van der Waals surface area contributed by atoms with Crippen LogP contribution in [0.5, 0.6) is 0 Å². The van der Waals surface area contributed by atoms with Gasteiger partial charge in [0, 0.05) is 0 Å². The van der Waals surface area contributed by atoms with E-state index in [1.54, 1.807) is 0 Å². The summed E-state index contributed by atoms with van der Waals surface area (Å²) in [5.74, 6) is -0.828. The van der Waals surface area contributed by atoms with Crippen molar-refractivity contribution in [3.63, 3.8) is 0 Å². The predicted octanol–water partition coefficient (Wildman–Crippen LogP) is 5.06. The van der Waals surface area contributed by atoms with Crippen molar-refractivity contribution in [3.05, 3.63) is 50.3 Å². The van der Waals surface area contributed by atoms with E-state index in [4.69, 9.17) is 11.6 Å². The molecule has 1 amide bonds. The fraction of sp³-hybridized carbons (Fsp3) is 0.154. The summed E-state index contributed by atoms with van der Waals surface area (Å²) in [6.07, 6.45) is -4.56. The lowest BCUT2D eigenvalue weighted by Gasteiger charge is -2.11. The van der Waals surface area contributed by atoms with Crippen molar-refractivity contribution in [3.8, 4) is 0 Å². The number of nitro groups is 1. The van der Waals surface area contributed by atoms with Crippen LogP contribution in [0.4, 0.5) is 23.9 Å². The van der Waals surface area contributed by atoms with Gasteiger partial charge in [0.2, 0.25) is 5.91 Å². The molecule has 0 bridgehead atoms. The van der Waals surface area contributed by atoms with Gasteiger partial charge in [0.05, 0.1) is 31.8 Å². The number of anilines is 1. The molecule has 0 spiro atoms. The molecular formula is C13H8ClF3N2O3S2. The fourth-order valence-corrected chi connectivity index (χ4v) is 3.56. The van der Waals surface area contributed by atoms with Crippen LogP contribution in [0.25, 0.3) is 0 Å². The van der Waals surface area contributed by atoms with Crippen molar-refractivity contribution in [2.24, 2.45) is 0 Å². The number of thioether (sulfide) groups is 1. The Labute approximate surface area is 147 Å². The first-order chi connectivity index (χ1) is 11.2. The summed E-state index contributed by atoms with van der Waals surface area (Å²) in [7, 11) is 0. The van der Waals surface area contributed by atoms with Crippen LogP contribution in [0.3, 0.4) is 0 Å². The minimum absolute atomic E-state index is 0.0390. The summed E-state index contributed by atoms with van der Waals surface area (Å²) in [5, 5.41) is 14.4. The number of nitrogens with zero attached hydrogens (tertiary/aromatic N) is 1. The molecule has 1 heterocycles. The molecule has 1 aromatic heterocycles. The van der Waals surface area contributed by atoms with Gasteiger partial charge in [-0.05, 0) is 29.6 Å². The van der Waals surface area contributed by atoms with Crippen LogP contribution in [0.15, 0.2) is 34.5 Å². The molecule has 0 atom stereocenters. The van der Waals surface area contributed by atoms with Gasteiger partial charge >= 0.3 is 11.2 Å². The van der Waals surface area contributed by atoms with E-state index in [1.165, 1.54) is 11.4 Å². The first kappa shape index (κ1) is 18.6. The van der Waals surface area contributed by atoms with Gasteiger partial charge < -0.3 is 5.32 Å². The Morgan fingerprint density at radius 2 is 2.08 bits per heavy atom. The molecule has 0 radical (unpaired) electrons. The van der Waals surface area contributed by atoms with Gasteiger partial charge in [-0.2, -0.15) is 13.2 Å². The number of carbonyl (C=O) groups excluding carboxylic acids is 1. The summed E-state index contributed by atoms with van der Waals surface area (Å²) in [6.45, 7) is 0. The van der Waals surface area contributed by atoms with Gasteiger partial charge in [0.25, 0.3) is 0 Å². The second-order valence-corrected chi connectivity index (χ2v) is 6.70. The zero-order valence-corrected chi connectivity index (χ0v) is 14.0. The first-order valence-corrected chi connectivity index (χ1v) is 8.44. The Kier molecular flexibility index (Phi) is 5.73. The van der Waals surface area contributed by atoms with Gasteiger partial charge in [-0.3, -0.25) is 14.9 Å². The number of carbonyl (C=O) groups is 1. The number of hydrogen-bond donors (Lipinski definition) is 1. The van der Waals surface area contributed by atoms with Crippen LogP contribution in [0.2, 0.25) is 5.02 Å². The van der Waals surface area contributed by atoms with Gasteiger partial charge in [-0.25, -0.2) is 0 Å². The molecule has 2 rings (SSSR count). The highest BCUT2D eigenvalue weighted by atomic mass is 35.5. The molecule has 0 fully saturated rings. The van der Waals surface area contributed by atoms with E-state index < -0.39 is 22.6 Å². The molecule has 5 nitrogen and oxygen atoms in total. The molecule has 2 aromatic rings. The van der Waals surface area contributed by atoms with Crippen LogP contribution in [-0.2, 0) is 11.0 Å². The maximum Gasteiger partial charge on any atom is 0.416 e. The highest BCUT2D eigenvalue weighted by molar-refractivity contribution is 8.00. The number of thiophene rings is 1. The SMILES string of the molecule is O=C(CSc1ccsc1[N+](=O)[O-])Nc1cc(C(F)(F)F)ccc1Cl. The molecule has 0 saturated heterocycles. The zero-order valence-electron chi connectivity index (χ0n) is 11.6. The van der Waals surface area contributed by atoms with Crippen molar-refractivity contribution >= 4 is 51.3 Å². The zero-order chi connectivity index (χ0) is 17.9. The number of benzene rings is 1. The molecule has 0 saturated carbocycles. The number of nitrogens with one attached hydrogen (secondary N) is 1. The normalized spacial score (nSPS) is 11.3. The van der Waals surface area contributed by atoms with E-state index in [9.17, 15) is 28.1 Å². The van der Waals surface area contributed by atoms with Crippen molar-refractivity contribution in [1.82, 2.24) is 0 Å². The Morgan fingerprint density at radius 1 is 1.38 bits per heavy atom. The molecule has 1 N–H and O–H groups in total. The van der Waals surface area contributed by atoms with E-state index in [-0.39, 0.29) is 21.5 Å². The molecule has 11 heteroatoms. The van der Waals surface area contributed by atoms with Crippen LogP contribution < -0.4 is 5.32 Å². The minimum Gasteiger partial charge on any atom is -0.324 e. The molecule has 128 valence electrons. The lowest BCUT2D eigenvalue weighted by atomic mass is 10.2. The van der Waals surface area contributed by atoms with Crippen molar-refractivity contribution in [2.45, 2.75) is 11.1 Å². The molecule has 0 aliphatic rings. The predicted molar refractivity (Wildman–Crippen MR) is 86.8 cm³/mol. The quantitative estimate of drug-likeness (QED) is 0.435. The Balaban J connectivity index is 2.05. The fourth-order valence-electron chi connectivity index (χ4n) is 1.66. The largest absolute Gasteiger partial charge is 0.416 e. The third kappa shape index (κ3) is 4.62. The molecule has 0 aliphatic carbocycles. The number of amides is 1. The lowest BCUT2D eigenvalue weighted by Crippen LogP contribution is -2.15. The average molecular weight is 397 g/mol. The molecule has 24 heavy (non-hydrogen) atoms. The second-order valence-electron chi connectivity index (χ2n) is 4.38. The first-order valence-electron chi connectivity index (χ1n) is 6.20. The van der Waals surface area contributed by atoms with E-state index in [0.29, 0.717) is 4.90 Å². The highest BCUT2D eigenvalue weighted by Crippen LogP contribution is 2.35. The summed E-state index contributed by atoms with van der Waals surface area (Å²) in [4.78, 5) is 22.4. The smallest absolute Gasteiger partial charge is 0.324 e. The number of alkyl halides is 3. The number of rotatable bonds is 5. The summed E-state index contributed by atoms with van der Waals surface area (Å²) in [6, 6.07) is 4.08. The standard InChI is InChI=1S/C13H8ClF3N2O3S2/c14-8-2-1-7(13(15,16)17)5-9(8)18-11(20)6-24-10-3-4-23-12(10)19(21)22/h1-5H,6H2,(H,18,20). The van der Waals surface area contributed by atoms with Gasteiger partial charge in [0.15, 0.2) is 0 Å². The summed E-state index contributed by atoms with van der Waals surface area (Å²) >= 11 is 7.62.